The van der Waals surface area contributed by atoms with Crippen molar-refractivity contribution in [3.05, 3.63) is 28.8 Å². The molecule has 1 aromatic rings. The minimum Gasteiger partial charge on any atom is -0.367 e. The normalized spacial score (nSPS) is 17.8. The van der Waals surface area contributed by atoms with E-state index >= 15 is 0 Å². The number of carbonyl (C=O) groups excluding carboxylic acids is 2. The topological polar surface area (TPSA) is 43.9 Å². The van der Waals surface area contributed by atoms with Gasteiger partial charge in [0.2, 0.25) is 11.8 Å². The molecule has 2 aliphatic rings. The van der Waals surface area contributed by atoms with Crippen LogP contribution in [0.2, 0.25) is 5.02 Å². The van der Waals surface area contributed by atoms with E-state index in [-0.39, 0.29) is 24.3 Å². The first-order valence-electron chi connectivity index (χ1n) is 8.50. The van der Waals surface area contributed by atoms with Gasteiger partial charge >= 0.3 is 0 Å². The maximum atomic E-state index is 12.4. The average molecular weight is 350 g/mol. The van der Waals surface area contributed by atoms with E-state index in [1.165, 1.54) is 0 Å². The van der Waals surface area contributed by atoms with Crippen molar-refractivity contribution >= 4 is 29.1 Å². The third-order valence-electron chi connectivity index (χ3n) is 4.81. The van der Waals surface area contributed by atoms with Crippen LogP contribution in [0, 0.1) is 12.8 Å². The minimum absolute atomic E-state index is 0.0297. The van der Waals surface area contributed by atoms with E-state index in [4.69, 9.17) is 11.6 Å². The third kappa shape index (κ3) is 3.66. The van der Waals surface area contributed by atoms with E-state index in [9.17, 15) is 9.59 Å². The number of anilines is 1. The SMILES string of the molecule is Cc1cccc(Cl)c1N1CCN(C(=O)CN(C)C(=O)C2CC2)CC1. The van der Waals surface area contributed by atoms with Gasteiger partial charge in [-0.25, -0.2) is 0 Å². The quantitative estimate of drug-likeness (QED) is 0.836. The molecule has 3 rings (SSSR count). The van der Waals surface area contributed by atoms with Gasteiger partial charge in [-0.05, 0) is 31.4 Å². The number of para-hydroxylation sites is 1. The number of hydrogen-bond donors (Lipinski definition) is 0. The number of piperazine rings is 1. The van der Waals surface area contributed by atoms with Gasteiger partial charge in [-0.15, -0.1) is 0 Å². The van der Waals surface area contributed by atoms with Crippen molar-refractivity contribution in [3.8, 4) is 0 Å². The third-order valence-corrected chi connectivity index (χ3v) is 5.12. The lowest BCUT2D eigenvalue weighted by molar-refractivity contribution is -0.140. The van der Waals surface area contributed by atoms with E-state index in [2.05, 4.69) is 17.9 Å². The van der Waals surface area contributed by atoms with Crippen molar-refractivity contribution < 1.29 is 9.59 Å². The van der Waals surface area contributed by atoms with Gasteiger partial charge in [-0.3, -0.25) is 9.59 Å². The molecule has 0 unspecified atom stereocenters. The highest BCUT2D eigenvalue weighted by molar-refractivity contribution is 6.33. The summed E-state index contributed by atoms with van der Waals surface area (Å²) >= 11 is 6.33. The molecule has 0 bridgehead atoms. The van der Waals surface area contributed by atoms with Crippen molar-refractivity contribution in [1.29, 1.82) is 0 Å². The van der Waals surface area contributed by atoms with Crippen LogP contribution < -0.4 is 4.90 Å². The lowest BCUT2D eigenvalue weighted by atomic mass is 10.1. The van der Waals surface area contributed by atoms with Crippen LogP contribution >= 0.6 is 11.6 Å². The van der Waals surface area contributed by atoms with E-state index < -0.39 is 0 Å². The molecule has 1 saturated heterocycles. The lowest BCUT2D eigenvalue weighted by Gasteiger charge is -2.37. The molecule has 2 amide bonds. The molecule has 0 atom stereocenters. The van der Waals surface area contributed by atoms with Crippen LogP contribution in [0.25, 0.3) is 0 Å². The minimum atomic E-state index is 0.0297. The number of aryl methyl sites for hydroxylation is 1. The molecular weight excluding hydrogens is 326 g/mol. The highest BCUT2D eigenvalue weighted by Crippen LogP contribution is 2.31. The Hall–Kier alpha value is -1.75. The predicted molar refractivity (Wildman–Crippen MR) is 95.3 cm³/mol. The molecule has 1 aliphatic carbocycles. The highest BCUT2D eigenvalue weighted by Gasteiger charge is 2.33. The van der Waals surface area contributed by atoms with Gasteiger partial charge in [-0.2, -0.15) is 0 Å². The number of carbonyl (C=O) groups is 2. The average Bonchev–Trinajstić information content (AvgIpc) is 3.39. The van der Waals surface area contributed by atoms with E-state index in [1.54, 1.807) is 11.9 Å². The Morgan fingerprint density at radius 1 is 1.21 bits per heavy atom. The first-order chi connectivity index (χ1) is 11.5. The van der Waals surface area contributed by atoms with Gasteiger partial charge in [-0.1, -0.05) is 23.7 Å². The molecular formula is C18H24ClN3O2. The Kier molecular flexibility index (Phi) is 4.99. The zero-order chi connectivity index (χ0) is 17.3. The smallest absolute Gasteiger partial charge is 0.242 e. The fourth-order valence-corrected chi connectivity index (χ4v) is 3.57. The predicted octanol–water partition coefficient (Wildman–Crippen LogP) is 2.17. The highest BCUT2D eigenvalue weighted by atomic mass is 35.5. The Balaban J connectivity index is 1.54. The molecule has 1 heterocycles. The summed E-state index contributed by atoms with van der Waals surface area (Å²) < 4.78 is 0. The van der Waals surface area contributed by atoms with E-state index in [0.29, 0.717) is 13.1 Å². The van der Waals surface area contributed by atoms with Crippen LogP contribution in [0.3, 0.4) is 0 Å². The number of nitrogens with zero attached hydrogens (tertiary/aromatic N) is 3. The summed E-state index contributed by atoms with van der Waals surface area (Å²) in [7, 11) is 1.72. The summed E-state index contributed by atoms with van der Waals surface area (Å²) in [5.41, 5.74) is 2.21. The molecule has 0 N–H and O–H groups in total. The molecule has 1 aromatic carbocycles. The maximum Gasteiger partial charge on any atom is 0.242 e. The van der Waals surface area contributed by atoms with Crippen LogP contribution in [0.15, 0.2) is 18.2 Å². The molecule has 0 aromatic heterocycles. The first-order valence-corrected chi connectivity index (χ1v) is 8.88. The maximum absolute atomic E-state index is 12.4. The number of rotatable bonds is 4. The second-order valence-corrected chi connectivity index (χ2v) is 7.15. The fourth-order valence-electron chi connectivity index (χ4n) is 3.23. The second kappa shape index (κ2) is 7.01. The molecule has 1 aliphatic heterocycles. The first kappa shape index (κ1) is 17.1. The Morgan fingerprint density at radius 2 is 1.88 bits per heavy atom. The van der Waals surface area contributed by atoms with Crippen molar-refractivity contribution in [1.82, 2.24) is 9.80 Å². The molecule has 24 heavy (non-hydrogen) atoms. The van der Waals surface area contributed by atoms with Crippen LogP contribution in [0.4, 0.5) is 5.69 Å². The molecule has 130 valence electrons. The summed E-state index contributed by atoms with van der Waals surface area (Å²) in [5.74, 6) is 0.290. The van der Waals surface area contributed by atoms with Crippen LogP contribution in [0.1, 0.15) is 18.4 Å². The largest absolute Gasteiger partial charge is 0.367 e. The monoisotopic (exact) mass is 349 g/mol. The fraction of sp³-hybridized carbons (Fsp3) is 0.556. The van der Waals surface area contributed by atoms with Crippen LogP contribution in [-0.2, 0) is 9.59 Å². The van der Waals surface area contributed by atoms with Crippen LogP contribution in [0.5, 0.6) is 0 Å². The molecule has 2 fully saturated rings. The van der Waals surface area contributed by atoms with Crippen molar-refractivity contribution in [3.63, 3.8) is 0 Å². The standard InChI is InChI=1S/C18H24ClN3O2/c1-13-4-3-5-15(19)17(13)22-10-8-21(9-11-22)16(23)12-20(2)18(24)14-6-7-14/h3-5,14H,6-12H2,1-2H3. The Morgan fingerprint density at radius 3 is 2.46 bits per heavy atom. The zero-order valence-corrected chi connectivity index (χ0v) is 15.1. The molecule has 5 nitrogen and oxygen atoms in total. The van der Waals surface area contributed by atoms with Crippen molar-refractivity contribution in [2.75, 3.05) is 44.7 Å². The second-order valence-electron chi connectivity index (χ2n) is 6.74. The van der Waals surface area contributed by atoms with Gasteiger partial charge < -0.3 is 14.7 Å². The lowest BCUT2D eigenvalue weighted by Crippen LogP contribution is -2.51. The number of likely N-dealkylation sites (N-methyl/N-ethyl adjacent to an activating group) is 1. The van der Waals surface area contributed by atoms with Gasteiger partial charge in [0.15, 0.2) is 0 Å². The summed E-state index contributed by atoms with van der Waals surface area (Å²) in [6.07, 6.45) is 1.93. The zero-order valence-electron chi connectivity index (χ0n) is 14.3. The Labute approximate surface area is 148 Å². The summed E-state index contributed by atoms with van der Waals surface area (Å²) in [4.78, 5) is 30.0. The molecule has 0 spiro atoms. The number of benzene rings is 1. The summed E-state index contributed by atoms with van der Waals surface area (Å²) in [6.45, 7) is 5.08. The molecule has 1 saturated carbocycles. The van der Waals surface area contributed by atoms with Gasteiger partial charge in [0, 0.05) is 39.1 Å². The number of hydrogen-bond acceptors (Lipinski definition) is 3. The van der Waals surface area contributed by atoms with E-state index in [1.807, 2.05) is 17.0 Å². The Bertz CT molecular complexity index is 617. The van der Waals surface area contributed by atoms with Gasteiger partial charge in [0.25, 0.3) is 0 Å². The van der Waals surface area contributed by atoms with E-state index in [0.717, 1.165) is 42.2 Å². The van der Waals surface area contributed by atoms with Gasteiger partial charge in [0.1, 0.15) is 0 Å². The molecule has 6 heteroatoms. The summed E-state index contributed by atoms with van der Waals surface area (Å²) in [6, 6.07) is 5.91. The van der Waals surface area contributed by atoms with Crippen molar-refractivity contribution in [2.45, 2.75) is 19.8 Å². The van der Waals surface area contributed by atoms with Gasteiger partial charge in [0.05, 0.1) is 17.3 Å². The van der Waals surface area contributed by atoms with Crippen LogP contribution in [-0.4, -0.2) is 61.4 Å². The number of amides is 2. The number of halogens is 1. The molecule has 0 radical (unpaired) electrons. The van der Waals surface area contributed by atoms with Crippen molar-refractivity contribution in [2.24, 2.45) is 5.92 Å². The summed E-state index contributed by atoms with van der Waals surface area (Å²) in [5, 5.41) is 0.754.